The third-order valence-corrected chi connectivity index (χ3v) is 3.86. The van der Waals surface area contributed by atoms with Gasteiger partial charge in [0.2, 0.25) is 0 Å². The summed E-state index contributed by atoms with van der Waals surface area (Å²) in [5, 5.41) is 2.72. The van der Waals surface area contributed by atoms with Crippen molar-refractivity contribution in [2.24, 2.45) is 0 Å². The Morgan fingerprint density at radius 1 is 1.08 bits per heavy atom. The average molecular weight is 336 g/mol. The molecule has 25 heavy (non-hydrogen) atoms. The number of carbonyl (C=O) groups excluding carboxylic acids is 2. The molecule has 0 aliphatic carbocycles. The molecule has 0 heterocycles. The van der Waals surface area contributed by atoms with E-state index in [9.17, 15) is 9.59 Å². The van der Waals surface area contributed by atoms with E-state index in [1.54, 1.807) is 35.2 Å². The molecular weight excluding hydrogens is 312 g/mol. The Bertz CT molecular complexity index is 739. The molecule has 1 N–H and O–H groups in total. The van der Waals surface area contributed by atoms with Gasteiger partial charge in [-0.05, 0) is 37.6 Å². The van der Waals surface area contributed by atoms with Crippen LogP contribution < -0.4 is 5.32 Å². The fourth-order valence-electron chi connectivity index (χ4n) is 2.50. The van der Waals surface area contributed by atoms with E-state index in [0.717, 1.165) is 5.56 Å². The van der Waals surface area contributed by atoms with Gasteiger partial charge in [0, 0.05) is 30.3 Å². The second-order valence-electron chi connectivity index (χ2n) is 6.09. The largest absolute Gasteiger partial charge is 0.349 e. The highest BCUT2D eigenvalue weighted by molar-refractivity contribution is 5.99. The van der Waals surface area contributed by atoms with Gasteiger partial charge in [-0.3, -0.25) is 9.59 Å². The lowest BCUT2D eigenvalue weighted by Crippen LogP contribution is -2.36. The van der Waals surface area contributed by atoms with E-state index in [2.05, 4.69) is 11.9 Å². The molecule has 4 heteroatoms. The van der Waals surface area contributed by atoms with Gasteiger partial charge >= 0.3 is 0 Å². The Morgan fingerprint density at radius 3 is 2.40 bits per heavy atom. The van der Waals surface area contributed by atoms with Gasteiger partial charge < -0.3 is 10.2 Å². The van der Waals surface area contributed by atoms with Crippen molar-refractivity contribution < 1.29 is 9.59 Å². The molecule has 0 saturated heterocycles. The molecule has 2 amide bonds. The summed E-state index contributed by atoms with van der Waals surface area (Å²) in [5.74, 6) is -0.300. The predicted octanol–water partition coefficient (Wildman–Crippen LogP) is 3.65. The summed E-state index contributed by atoms with van der Waals surface area (Å²) in [4.78, 5) is 26.8. The van der Waals surface area contributed by atoms with Gasteiger partial charge in [-0.15, -0.1) is 6.58 Å². The maximum Gasteiger partial charge on any atom is 0.254 e. The summed E-state index contributed by atoms with van der Waals surface area (Å²) in [6, 6.07) is 16.7. The zero-order valence-electron chi connectivity index (χ0n) is 14.7. The normalized spacial score (nSPS) is 10.4. The van der Waals surface area contributed by atoms with Gasteiger partial charge in [-0.1, -0.05) is 42.5 Å². The van der Waals surface area contributed by atoms with Gasteiger partial charge in [0.15, 0.2) is 0 Å². The molecule has 0 bridgehead atoms. The molecule has 4 nitrogen and oxygen atoms in total. The lowest BCUT2D eigenvalue weighted by Gasteiger charge is -2.27. The summed E-state index contributed by atoms with van der Waals surface area (Å²) in [6.07, 6.45) is 1.62. The second-order valence-corrected chi connectivity index (χ2v) is 6.09. The van der Waals surface area contributed by atoms with E-state index in [1.807, 2.05) is 44.2 Å². The zero-order chi connectivity index (χ0) is 18.2. The molecule has 0 unspecified atom stereocenters. The van der Waals surface area contributed by atoms with E-state index >= 15 is 0 Å². The molecule has 130 valence electrons. The number of rotatable bonds is 7. The molecule has 0 atom stereocenters. The van der Waals surface area contributed by atoms with Crippen LogP contribution in [0.4, 0.5) is 0 Å². The predicted molar refractivity (Wildman–Crippen MR) is 100 cm³/mol. The summed E-state index contributed by atoms with van der Waals surface area (Å²) in [7, 11) is 0. The fraction of sp³-hybridized carbons (Fsp3) is 0.238. The maximum atomic E-state index is 13.0. The van der Waals surface area contributed by atoms with Crippen molar-refractivity contribution in [2.75, 3.05) is 6.54 Å². The van der Waals surface area contributed by atoms with Crippen LogP contribution in [-0.2, 0) is 6.54 Å². The molecular formula is C21H24N2O2. The first-order valence-corrected chi connectivity index (χ1v) is 8.37. The van der Waals surface area contributed by atoms with Crippen molar-refractivity contribution in [3.63, 3.8) is 0 Å². The SMILES string of the molecule is C=CCNC(=O)c1cccc(C(=O)N(Cc2ccccc2)C(C)C)c1. The van der Waals surface area contributed by atoms with E-state index in [1.165, 1.54) is 0 Å². The van der Waals surface area contributed by atoms with Crippen molar-refractivity contribution >= 4 is 11.8 Å². The number of hydrogen-bond donors (Lipinski definition) is 1. The van der Waals surface area contributed by atoms with Crippen molar-refractivity contribution in [1.82, 2.24) is 10.2 Å². The van der Waals surface area contributed by atoms with Gasteiger partial charge in [-0.2, -0.15) is 0 Å². The van der Waals surface area contributed by atoms with Crippen LogP contribution in [0.25, 0.3) is 0 Å². The molecule has 2 aromatic rings. The molecule has 2 rings (SSSR count). The lowest BCUT2D eigenvalue weighted by atomic mass is 10.1. The summed E-state index contributed by atoms with van der Waals surface area (Å²) < 4.78 is 0. The standard InChI is InChI=1S/C21H24N2O2/c1-4-13-22-20(24)18-11-8-12-19(14-18)21(25)23(16(2)3)15-17-9-6-5-7-10-17/h4-12,14,16H,1,13,15H2,2-3H3,(H,22,24). The van der Waals surface area contributed by atoms with Gasteiger partial charge in [0.05, 0.1) is 0 Å². The third kappa shape index (κ3) is 5.05. The van der Waals surface area contributed by atoms with Crippen LogP contribution in [0.3, 0.4) is 0 Å². The van der Waals surface area contributed by atoms with E-state index in [-0.39, 0.29) is 17.9 Å². The Morgan fingerprint density at radius 2 is 1.76 bits per heavy atom. The van der Waals surface area contributed by atoms with Crippen LogP contribution in [0.1, 0.15) is 40.1 Å². The number of amides is 2. The second kappa shape index (κ2) is 8.83. The highest BCUT2D eigenvalue weighted by Crippen LogP contribution is 2.15. The first-order chi connectivity index (χ1) is 12.0. The molecule has 0 aliphatic rings. The molecule has 0 saturated carbocycles. The summed E-state index contributed by atoms with van der Waals surface area (Å²) in [6.45, 7) is 8.48. The van der Waals surface area contributed by atoms with Gasteiger partial charge in [0.25, 0.3) is 11.8 Å². The number of benzene rings is 2. The summed E-state index contributed by atoms with van der Waals surface area (Å²) >= 11 is 0. The molecule has 0 spiro atoms. The van der Waals surface area contributed by atoms with Crippen molar-refractivity contribution in [2.45, 2.75) is 26.4 Å². The molecule has 0 fully saturated rings. The van der Waals surface area contributed by atoms with Crippen LogP contribution in [-0.4, -0.2) is 29.3 Å². The molecule has 2 aromatic carbocycles. The maximum absolute atomic E-state index is 13.0. The number of carbonyl (C=O) groups is 2. The average Bonchev–Trinajstić information content (AvgIpc) is 2.64. The van der Waals surface area contributed by atoms with Crippen molar-refractivity contribution in [3.8, 4) is 0 Å². The topological polar surface area (TPSA) is 49.4 Å². The van der Waals surface area contributed by atoms with E-state index in [0.29, 0.717) is 24.2 Å². The van der Waals surface area contributed by atoms with Crippen LogP contribution in [0.2, 0.25) is 0 Å². The van der Waals surface area contributed by atoms with Crippen LogP contribution >= 0.6 is 0 Å². The minimum atomic E-state index is -0.214. The Hall–Kier alpha value is -2.88. The highest BCUT2D eigenvalue weighted by Gasteiger charge is 2.20. The van der Waals surface area contributed by atoms with Crippen LogP contribution in [0.15, 0.2) is 67.3 Å². The first kappa shape index (κ1) is 18.5. The molecule has 0 radical (unpaired) electrons. The lowest BCUT2D eigenvalue weighted by molar-refractivity contribution is 0.0690. The fourth-order valence-corrected chi connectivity index (χ4v) is 2.50. The van der Waals surface area contributed by atoms with E-state index < -0.39 is 0 Å². The number of nitrogens with one attached hydrogen (secondary N) is 1. The van der Waals surface area contributed by atoms with Gasteiger partial charge in [-0.25, -0.2) is 0 Å². The Kier molecular flexibility index (Phi) is 6.52. The Balaban J connectivity index is 2.21. The minimum absolute atomic E-state index is 0.0472. The first-order valence-electron chi connectivity index (χ1n) is 8.37. The number of hydrogen-bond acceptors (Lipinski definition) is 2. The van der Waals surface area contributed by atoms with Gasteiger partial charge in [0.1, 0.15) is 0 Å². The number of nitrogens with zero attached hydrogens (tertiary/aromatic N) is 1. The van der Waals surface area contributed by atoms with Crippen molar-refractivity contribution in [1.29, 1.82) is 0 Å². The zero-order valence-corrected chi connectivity index (χ0v) is 14.7. The quantitative estimate of drug-likeness (QED) is 0.785. The van der Waals surface area contributed by atoms with Crippen molar-refractivity contribution in [3.05, 3.63) is 83.9 Å². The van der Waals surface area contributed by atoms with E-state index in [4.69, 9.17) is 0 Å². The van der Waals surface area contributed by atoms with Crippen LogP contribution in [0, 0.1) is 0 Å². The Labute approximate surface area is 149 Å². The third-order valence-electron chi connectivity index (χ3n) is 3.86. The minimum Gasteiger partial charge on any atom is -0.349 e. The smallest absolute Gasteiger partial charge is 0.254 e. The molecule has 0 aliphatic heterocycles. The summed E-state index contributed by atoms with van der Waals surface area (Å²) in [5.41, 5.74) is 2.05. The monoisotopic (exact) mass is 336 g/mol. The molecule has 0 aromatic heterocycles. The van der Waals surface area contributed by atoms with Crippen LogP contribution in [0.5, 0.6) is 0 Å². The highest BCUT2D eigenvalue weighted by atomic mass is 16.2.